The minimum absolute atomic E-state index is 0.0523. The minimum Gasteiger partial charge on any atom is -0.399 e. The van der Waals surface area contributed by atoms with Crippen LogP contribution in [0.25, 0.3) is 6.08 Å². The summed E-state index contributed by atoms with van der Waals surface area (Å²) >= 11 is 5.76. The molecule has 0 aliphatic heterocycles. The van der Waals surface area contributed by atoms with E-state index in [-0.39, 0.29) is 5.78 Å². The lowest BCUT2D eigenvalue weighted by molar-refractivity contribution is 0.104. The molecule has 90 valence electrons. The molecule has 0 unspecified atom stereocenters. The van der Waals surface area contributed by atoms with Crippen LogP contribution in [-0.4, -0.2) is 5.78 Å². The summed E-state index contributed by atoms with van der Waals surface area (Å²) in [7, 11) is 0. The Balaban J connectivity index is 2.11. The van der Waals surface area contributed by atoms with Gasteiger partial charge in [0.25, 0.3) is 0 Å². The predicted octanol–water partition coefficient (Wildman–Crippen LogP) is 3.82. The van der Waals surface area contributed by atoms with Gasteiger partial charge < -0.3 is 5.73 Å². The first kappa shape index (κ1) is 12.4. The SMILES string of the molecule is Nc1ccc(/C=C/C(=O)c2ccc(Cl)cc2)cc1. The first-order valence-electron chi connectivity index (χ1n) is 5.49. The molecule has 0 spiro atoms. The van der Waals surface area contributed by atoms with Crippen molar-refractivity contribution in [3.05, 3.63) is 70.8 Å². The van der Waals surface area contributed by atoms with E-state index >= 15 is 0 Å². The standard InChI is InChI=1S/C15H12ClNO/c16-13-6-4-12(5-7-13)15(18)10-3-11-1-8-14(17)9-2-11/h1-10H,17H2/b10-3+. The van der Waals surface area contributed by atoms with Gasteiger partial charge in [-0.15, -0.1) is 0 Å². The van der Waals surface area contributed by atoms with Crippen molar-refractivity contribution in [2.75, 3.05) is 5.73 Å². The maximum absolute atomic E-state index is 11.8. The molecular weight excluding hydrogens is 246 g/mol. The molecule has 2 aromatic rings. The first-order valence-corrected chi connectivity index (χ1v) is 5.86. The van der Waals surface area contributed by atoms with Gasteiger partial charge in [0.15, 0.2) is 5.78 Å². The van der Waals surface area contributed by atoms with Crippen LogP contribution < -0.4 is 5.73 Å². The van der Waals surface area contributed by atoms with Crippen molar-refractivity contribution in [1.82, 2.24) is 0 Å². The number of halogens is 1. The molecule has 0 amide bonds. The van der Waals surface area contributed by atoms with E-state index in [1.54, 1.807) is 42.5 Å². The topological polar surface area (TPSA) is 43.1 Å². The molecule has 3 heteroatoms. The van der Waals surface area contributed by atoms with Gasteiger partial charge in [-0.25, -0.2) is 0 Å². The smallest absolute Gasteiger partial charge is 0.185 e. The van der Waals surface area contributed by atoms with Crippen molar-refractivity contribution in [3.8, 4) is 0 Å². The molecule has 0 atom stereocenters. The highest BCUT2D eigenvalue weighted by Crippen LogP contribution is 2.12. The summed E-state index contributed by atoms with van der Waals surface area (Å²) in [5, 5.41) is 0.620. The maximum Gasteiger partial charge on any atom is 0.185 e. The van der Waals surface area contributed by atoms with E-state index in [1.165, 1.54) is 6.08 Å². The Morgan fingerprint density at radius 2 is 1.61 bits per heavy atom. The Hall–Kier alpha value is -2.06. The van der Waals surface area contributed by atoms with Crippen molar-refractivity contribution < 1.29 is 4.79 Å². The normalized spacial score (nSPS) is 10.7. The monoisotopic (exact) mass is 257 g/mol. The van der Waals surface area contributed by atoms with Gasteiger partial charge in [-0.1, -0.05) is 29.8 Å². The fraction of sp³-hybridized carbons (Fsp3) is 0. The van der Waals surface area contributed by atoms with E-state index in [9.17, 15) is 4.79 Å². The van der Waals surface area contributed by atoms with Crippen LogP contribution in [-0.2, 0) is 0 Å². The second kappa shape index (κ2) is 5.52. The van der Waals surface area contributed by atoms with Gasteiger partial charge >= 0.3 is 0 Å². The molecule has 2 N–H and O–H groups in total. The van der Waals surface area contributed by atoms with Crippen molar-refractivity contribution in [3.63, 3.8) is 0 Å². The van der Waals surface area contributed by atoms with E-state index in [0.717, 1.165) is 5.56 Å². The van der Waals surface area contributed by atoms with Crippen molar-refractivity contribution >= 4 is 29.1 Å². The lowest BCUT2D eigenvalue weighted by Gasteiger charge is -1.97. The molecule has 2 nitrogen and oxygen atoms in total. The Bertz CT molecular complexity index is 570. The minimum atomic E-state index is -0.0523. The molecule has 0 fully saturated rings. The second-order valence-corrected chi connectivity index (χ2v) is 4.31. The Labute approximate surface area is 111 Å². The lowest BCUT2D eigenvalue weighted by atomic mass is 10.1. The van der Waals surface area contributed by atoms with Gasteiger partial charge in [-0.3, -0.25) is 4.79 Å². The van der Waals surface area contributed by atoms with Crippen LogP contribution in [0.3, 0.4) is 0 Å². The molecule has 18 heavy (non-hydrogen) atoms. The summed E-state index contributed by atoms with van der Waals surface area (Å²) in [5.41, 5.74) is 7.84. The highest BCUT2D eigenvalue weighted by molar-refractivity contribution is 6.30. The molecule has 0 aromatic heterocycles. The number of carbonyl (C=O) groups excluding carboxylic acids is 1. The second-order valence-electron chi connectivity index (χ2n) is 3.87. The van der Waals surface area contributed by atoms with Crippen molar-refractivity contribution in [2.24, 2.45) is 0 Å². The zero-order valence-electron chi connectivity index (χ0n) is 9.64. The molecule has 0 aliphatic rings. The van der Waals surface area contributed by atoms with Gasteiger partial charge in [0.1, 0.15) is 0 Å². The number of carbonyl (C=O) groups is 1. The van der Waals surface area contributed by atoms with E-state index in [0.29, 0.717) is 16.3 Å². The fourth-order valence-corrected chi connectivity index (χ4v) is 1.62. The fourth-order valence-electron chi connectivity index (χ4n) is 1.49. The number of hydrogen-bond acceptors (Lipinski definition) is 2. The summed E-state index contributed by atoms with van der Waals surface area (Å²) in [6, 6.07) is 14.1. The van der Waals surface area contributed by atoms with Crippen LogP contribution >= 0.6 is 11.6 Å². The van der Waals surface area contributed by atoms with Crippen LogP contribution in [0, 0.1) is 0 Å². The maximum atomic E-state index is 11.8. The van der Waals surface area contributed by atoms with Crippen LogP contribution in [0.1, 0.15) is 15.9 Å². The third kappa shape index (κ3) is 3.22. The third-order valence-corrected chi connectivity index (χ3v) is 2.74. The molecule has 2 rings (SSSR count). The number of nitrogen functional groups attached to an aromatic ring is 1. The van der Waals surface area contributed by atoms with Gasteiger partial charge in [0.05, 0.1) is 0 Å². The molecule has 0 radical (unpaired) electrons. The third-order valence-electron chi connectivity index (χ3n) is 2.49. The molecule has 0 bridgehead atoms. The number of nitrogens with two attached hydrogens (primary N) is 1. The van der Waals surface area contributed by atoms with Crippen molar-refractivity contribution in [1.29, 1.82) is 0 Å². The molecule has 0 aliphatic carbocycles. The molecule has 0 saturated heterocycles. The van der Waals surface area contributed by atoms with Crippen LogP contribution in [0.15, 0.2) is 54.6 Å². The van der Waals surface area contributed by atoms with E-state index in [4.69, 9.17) is 17.3 Å². The summed E-state index contributed by atoms with van der Waals surface area (Å²) in [5.74, 6) is -0.0523. The Morgan fingerprint density at radius 3 is 2.22 bits per heavy atom. The Kier molecular flexibility index (Phi) is 3.80. The first-order chi connectivity index (χ1) is 8.65. The number of benzene rings is 2. The number of ketones is 1. The van der Waals surface area contributed by atoms with E-state index in [2.05, 4.69) is 0 Å². The summed E-state index contributed by atoms with van der Waals surface area (Å²) < 4.78 is 0. The van der Waals surface area contributed by atoms with Crippen LogP contribution in [0.4, 0.5) is 5.69 Å². The van der Waals surface area contributed by atoms with Gasteiger partial charge in [-0.2, -0.15) is 0 Å². The quantitative estimate of drug-likeness (QED) is 0.516. The summed E-state index contributed by atoms with van der Waals surface area (Å²) in [6.07, 6.45) is 3.30. The van der Waals surface area contributed by atoms with Gasteiger partial charge in [0.2, 0.25) is 0 Å². The molecule has 0 heterocycles. The molecule has 0 saturated carbocycles. The Morgan fingerprint density at radius 1 is 1.00 bits per heavy atom. The zero-order valence-corrected chi connectivity index (χ0v) is 10.4. The summed E-state index contributed by atoms with van der Waals surface area (Å²) in [4.78, 5) is 11.8. The van der Waals surface area contributed by atoms with Gasteiger partial charge in [-0.05, 0) is 48.0 Å². The van der Waals surface area contributed by atoms with Crippen molar-refractivity contribution in [2.45, 2.75) is 0 Å². The average Bonchev–Trinajstić information content (AvgIpc) is 2.38. The average molecular weight is 258 g/mol. The van der Waals surface area contributed by atoms with Crippen LogP contribution in [0.2, 0.25) is 5.02 Å². The summed E-state index contributed by atoms with van der Waals surface area (Å²) in [6.45, 7) is 0. The highest BCUT2D eigenvalue weighted by atomic mass is 35.5. The zero-order chi connectivity index (χ0) is 13.0. The number of hydrogen-bond donors (Lipinski definition) is 1. The number of allylic oxidation sites excluding steroid dienone is 1. The van der Waals surface area contributed by atoms with E-state index < -0.39 is 0 Å². The van der Waals surface area contributed by atoms with E-state index in [1.807, 2.05) is 12.1 Å². The molecular formula is C15H12ClNO. The largest absolute Gasteiger partial charge is 0.399 e. The predicted molar refractivity (Wildman–Crippen MR) is 75.7 cm³/mol. The number of rotatable bonds is 3. The number of anilines is 1. The lowest BCUT2D eigenvalue weighted by Crippen LogP contribution is -1.93. The molecule has 2 aromatic carbocycles. The van der Waals surface area contributed by atoms with Crippen LogP contribution in [0.5, 0.6) is 0 Å². The highest BCUT2D eigenvalue weighted by Gasteiger charge is 2.00. The van der Waals surface area contributed by atoms with Gasteiger partial charge in [0, 0.05) is 16.3 Å².